The minimum atomic E-state index is 0.641. The van der Waals surface area contributed by atoms with Crippen LogP contribution in [0.25, 0.3) is 0 Å². The second-order valence-corrected chi connectivity index (χ2v) is 2.41. The highest BCUT2D eigenvalue weighted by molar-refractivity contribution is 7.80. The summed E-state index contributed by atoms with van der Waals surface area (Å²) in [5.41, 5.74) is 0.641. The van der Waals surface area contributed by atoms with E-state index in [1.165, 1.54) is 0 Å². The van der Waals surface area contributed by atoms with Gasteiger partial charge in [0.2, 0.25) is 0 Å². The molecule has 0 aliphatic carbocycles. The third-order valence-corrected chi connectivity index (χ3v) is 1.64. The summed E-state index contributed by atoms with van der Waals surface area (Å²) in [7, 11) is 7.14. The summed E-state index contributed by atoms with van der Waals surface area (Å²) < 4.78 is 4.94. The summed E-state index contributed by atoms with van der Waals surface area (Å²) in [6.45, 7) is 0. The highest BCUT2D eigenvalue weighted by Gasteiger charge is 1.93. The Morgan fingerprint density at radius 1 is 1.50 bits per heavy atom. The van der Waals surface area contributed by atoms with Gasteiger partial charge in [-0.15, -0.1) is 12.6 Å². The number of benzene rings is 1. The lowest BCUT2D eigenvalue weighted by molar-refractivity contribution is 0.415. The molecule has 3 heteroatoms. The summed E-state index contributed by atoms with van der Waals surface area (Å²) in [4.78, 5) is 0.779. The van der Waals surface area contributed by atoms with Gasteiger partial charge in [-0.3, -0.25) is 0 Å². The first-order valence-electron chi connectivity index (χ1n) is 2.86. The SMILES string of the molecule is [B]c1cc(OC)ccc1S. The van der Waals surface area contributed by atoms with Crippen molar-refractivity contribution < 1.29 is 4.74 Å². The molecule has 1 rings (SSSR count). The Kier molecular flexibility index (Phi) is 2.27. The van der Waals surface area contributed by atoms with Crippen molar-refractivity contribution in [3.05, 3.63) is 18.2 Å². The van der Waals surface area contributed by atoms with Gasteiger partial charge in [-0.05, 0) is 23.1 Å². The van der Waals surface area contributed by atoms with Crippen molar-refractivity contribution >= 4 is 25.9 Å². The minimum absolute atomic E-state index is 0.641. The van der Waals surface area contributed by atoms with Crippen molar-refractivity contribution in [3.63, 3.8) is 0 Å². The molecule has 0 bridgehead atoms. The van der Waals surface area contributed by atoms with E-state index in [1.54, 1.807) is 19.2 Å². The molecular formula is C7H7BOS. The van der Waals surface area contributed by atoms with Crippen LogP contribution in [0.5, 0.6) is 5.75 Å². The quantitative estimate of drug-likeness (QED) is 0.459. The average molecular weight is 150 g/mol. The predicted octanol–water partition coefficient (Wildman–Crippen LogP) is 0.778. The van der Waals surface area contributed by atoms with Crippen LogP contribution in [0.2, 0.25) is 0 Å². The van der Waals surface area contributed by atoms with Crippen LogP contribution in [-0.4, -0.2) is 15.0 Å². The van der Waals surface area contributed by atoms with Crippen LogP contribution in [0.1, 0.15) is 0 Å². The zero-order valence-electron chi connectivity index (χ0n) is 5.66. The zero-order chi connectivity index (χ0) is 7.56. The zero-order valence-corrected chi connectivity index (χ0v) is 6.56. The third-order valence-electron chi connectivity index (χ3n) is 1.23. The molecule has 1 aromatic carbocycles. The minimum Gasteiger partial charge on any atom is -0.497 e. The van der Waals surface area contributed by atoms with Gasteiger partial charge in [0.25, 0.3) is 0 Å². The number of rotatable bonds is 1. The van der Waals surface area contributed by atoms with E-state index >= 15 is 0 Å². The molecule has 1 nitrogen and oxygen atoms in total. The molecular weight excluding hydrogens is 143 g/mol. The van der Waals surface area contributed by atoms with Crippen molar-refractivity contribution in [2.75, 3.05) is 7.11 Å². The molecule has 0 saturated heterocycles. The molecule has 0 unspecified atom stereocenters. The van der Waals surface area contributed by atoms with Crippen molar-refractivity contribution in [2.24, 2.45) is 0 Å². The Morgan fingerprint density at radius 3 is 2.70 bits per heavy atom. The van der Waals surface area contributed by atoms with Crippen molar-refractivity contribution in [1.29, 1.82) is 0 Å². The number of methoxy groups -OCH3 is 1. The Bertz CT molecular complexity index is 237. The average Bonchev–Trinajstić information content (AvgIpc) is 1.95. The third kappa shape index (κ3) is 1.48. The van der Waals surface area contributed by atoms with E-state index < -0.39 is 0 Å². The normalized spacial score (nSPS) is 9.40. The summed E-state index contributed by atoms with van der Waals surface area (Å²) in [6.07, 6.45) is 0. The van der Waals surface area contributed by atoms with Gasteiger partial charge in [0.05, 0.1) is 7.11 Å². The molecule has 0 aliphatic rings. The lowest BCUT2D eigenvalue weighted by Crippen LogP contribution is -2.04. The molecule has 0 saturated carbocycles. The number of thiol groups is 1. The Labute approximate surface area is 67.2 Å². The van der Waals surface area contributed by atoms with Crippen molar-refractivity contribution in [2.45, 2.75) is 4.90 Å². The molecule has 1 aromatic rings. The monoisotopic (exact) mass is 150 g/mol. The van der Waals surface area contributed by atoms with Crippen LogP contribution in [0.3, 0.4) is 0 Å². The van der Waals surface area contributed by atoms with Gasteiger partial charge in [0.1, 0.15) is 13.6 Å². The molecule has 0 aliphatic heterocycles. The number of hydrogen-bond donors (Lipinski definition) is 1. The predicted molar refractivity (Wildman–Crippen MR) is 45.6 cm³/mol. The molecule has 0 fully saturated rings. The van der Waals surface area contributed by atoms with Crippen LogP contribution < -0.4 is 10.2 Å². The first-order chi connectivity index (χ1) is 4.74. The smallest absolute Gasteiger partial charge is 0.118 e. The molecule has 2 radical (unpaired) electrons. The van der Waals surface area contributed by atoms with Gasteiger partial charge in [0, 0.05) is 0 Å². The topological polar surface area (TPSA) is 9.23 Å². The first kappa shape index (κ1) is 7.54. The first-order valence-corrected chi connectivity index (χ1v) is 3.31. The van der Waals surface area contributed by atoms with Gasteiger partial charge < -0.3 is 4.74 Å². The van der Waals surface area contributed by atoms with Crippen LogP contribution in [0, 0.1) is 0 Å². The van der Waals surface area contributed by atoms with E-state index in [0.717, 1.165) is 10.6 Å². The lowest BCUT2D eigenvalue weighted by atomic mass is 9.96. The Balaban J connectivity index is 3.04. The van der Waals surface area contributed by atoms with E-state index in [2.05, 4.69) is 12.6 Å². The lowest BCUT2D eigenvalue weighted by Gasteiger charge is -2.02. The molecule has 0 aromatic heterocycles. The standard InChI is InChI=1S/C7H7BOS/c1-9-5-2-3-7(10)6(8)4-5/h2-4,10H,1H3. The Morgan fingerprint density at radius 2 is 2.20 bits per heavy atom. The largest absolute Gasteiger partial charge is 0.497 e. The summed E-state index contributed by atoms with van der Waals surface area (Å²) in [6, 6.07) is 5.36. The maximum absolute atomic E-state index is 5.54. The van der Waals surface area contributed by atoms with E-state index in [0.29, 0.717) is 5.46 Å². The summed E-state index contributed by atoms with van der Waals surface area (Å²) >= 11 is 4.10. The highest BCUT2D eigenvalue weighted by atomic mass is 32.1. The van der Waals surface area contributed by atoms with Gasteiger partial charge in [0.15, 0.2) is 0 Å². The fourth-order valence-electron chi connectivity index (χ4n) is 0.660. The van der Waals surface area contributed by atoms with E-state index in [9.17, 15) is 0 Å². The van der Waals surface area contributed by atoms with E-state index in [1.807, 2.05) is 6.07 Å². The second kappa shape index (κ2) is 3.02. The fraction of sp³-hybridized carbons (Fsp3) is 0.143. The molecule has 0 atom stereocenters. The van der Waals surface area contributed by atoms with Gasteiger partial charge in [-0.2, -0.15) is 0 Å². The maximum Gasteiger partial charge on any atom is 0.118 e. The summed E-state index contributed by atoms with van der Waals surface area (Å²) in [5, 5.41) is 0. The molecule has 0 amide bonds. The maximum atomic E-state index is 5.54. The fourth-order valence-corrected chi connectivity index (χ4v) is 0.799. The van der Waals surface area contributed by atoms with Crippen LogP contribution in [-0.2, 0) is 0 Å². The molecule has 10 heavy (non-hydrogen) atoms. The molecule has 0 spiro atoms. The van der Waals surface area contributed by atoms with Gasteiger partial charge in [-0.25, -0.2) is 0 Å². The van der Waals surface area contributed by atoms with Crippen LogP contribution >= 0.6 is 12.6 Å². The number of ether oxygens (including phenoxy) is 1. The van der Waals surface area contributed by atoms with Crippen LogP contribution in [0.4, 0.5) is 0 Å². The van der Waals surface area contributed by atoms with E-state index in [4.69, 9.17) is 12.6 Å². The van der Waals surface area contributed by atoms with Crippen molar-refractivity contribution in [1.82, 2.24) is 0 Å². The summed E-state index contributed by atoms with van der Waals surface area (Å²) in [5.74, 6) is 0.760. The van der Waals surface area contributed by atoms with E-state index in [-0.39, 0.29) is 0 Å². The Hall–Kier alpha value is -0.565. The number of hydrogen-bond acceptors (Lipinski definition) is 2. The highest BCUT2D eigenvalue weighted by Crippen LogP contribution is 2.10. The second-order valence-electron chi connectivity index (χ2n) is 1.92. The molecule has 0 heterocycles. The van der Waals surface area contributed by atoms with Crippen molar-refractivity contribution in [3.8, 4) is 5.75 Å². The molecule has 50 valence electrons. The van der Waals surface area contributed by atoms with Crippen LogP contribution in [0.15, 0.2) is 23.1 Å². The van der Waals surface area contributed by atoms with Gasteiger partial charge >= 0.3 is 0 Å². The molecule has 0 N–H and O–H groups in total. The van der Waals surface area contributed by atoms with Gasteiger partial charge in [-0.1, -0.05) is 5.46 Å².